The maximum absolute atomic E-state index is 9.93. The van der Waals surface area contributed by atoms with E-state index in [0.717, 1.165) is 10.5 Å². The van der Waals surface area contributed by atoms with Crippen LogP contribution in [0.2, 0.25) is 5.02 Å². The Morgan fingerprint density at radius 3 is 2.62 bits per heavy atom. The average Bonchev–Trinajstić information content (AvgIpc) is 2.25. The van der Waals surface area contributed by atoms with Crippen molar-refractivity contribution in [3.63, 3.8) is 0 Å². The van der Waals surface area contributed by atoms with Gasteiger partial charge in [-0.3, -0.25) is 0 Å². The molecule has 0 saturated carbocycles. The van der Waals surface area contributed by atoms with E-state index in [0.29, 0.717) is 17.6 Å². The zero-order valence-electron chi connectivity index (χ0n) is 9.83. The van der Waals surface area contributed by atoms with Gasteiger partial charge in [0.2, 0.25) is 0 Å². The van der Waals surface area contributed by atoms with E-state index in [1.54, 1.807) is 11.8 Å². The van der Waals surface area contributed by atoms with Crippen LogP contribution in [0.5, 0.6) is 0 Å². The minimum Gasteiger partial charge on any atom is -0.387 e. The number of halogens is 1. The van der Waals surface area contributed by atoms with Gasteiger partial charge in [0.15, 0.2) is 0 Å². The Morgan fingerprint density at radius 2 is 2.12 bits per heavy atom. The molecule has 0 saturated heterocycles. The molecular formula is C12H18ClNOS. The van der Waals surface area contributed by atoms with Crippen molar-refractivity contribution in [2.75, 3.05) is 12.8 Å². The SMILES string of the molecule is CSc1ccc(C(O)CNC(C)C)cc1Cl. The van der Waals surface area contributed by atoms with Crippen LogP contribution in [0.15, 0.2) is 23.1 Å². The second-order valence-corrected chi connectivity index (χ2v) is 5.23. The molecule has 2 N–H and O–H groups in total. The van der Waals surface area contributed by atoms with Crippen molar-refractivity contribution >= 4 is 23.4 Å². The first-order chi connectivity index (χ1) is 7.54. The Balaban J connectivity index is 2.69. The summed E-state index contributed by atoms with van der Waals surface area (Å²) in [6, 6.07) is 6.07. The lowest BCUT2D eigenvalue weighted by Gasteiger charge is -2.15. The summed E-state index contributed by atoms with van der Waals surface area (Å²) >= 11 is 7.69. The van der Waals surface area contributed by atoms with Gasteiger partial charge < -0.3 is 10.4 Å². The predicted molar refractivity (Wildman–Crippen MR) is 71.3 cm³/mol. The number of hydrogen-bond donors (Lipinski definition) is 2. The first kappa shape index (κ1) is 13.8. The first-order valence-corrected chi connectivity index (χ1v) is 6.89. The summed E-state index contributed by atoms with van der Waals surface area (Å²) in [6.45, 7) is 4.65. The molecule has 0 aliphatic carbocycles. The maximum atomic E-state index is 9.93. The summed E-state index contributed by atoms with van der Waals surface area (Å²) in [5.41, 5.74) is 0.857. The third kappa shape index (κ3) is 3.98. The highest BCUT2D eigenvalue weighted by Gasteiger charge is 2.09. The van der Waals surface area contributed by atoms with Gasteiger partial charge in [-0.05, 0) is 24.0 Å². The van der Waals surface area contributed by atoms with Crippen LogP contribution in [-0.2, 0) is 0 Å². The van der Waals surface area contributed by atoms with Crippen molar-refractivity contribution in [3.05, 3.63) is 28.8 Å². The van der Waals surface area contributed by atoms with E-state index in [9.17, 15) is 5.11 Å². The lowest BCUT2D eigenvalue weighted by molar-refractivity contribution is 0.171. The summed E-state index contributed by atoms with van der Waals surface area (Å²) < 4.78 is 0. The summed E-state index contributed by atoms with van der Waals surface area (Å²) in [7, 11) is 0. The fraction of sp³-hybridized carbons (Fsp3) is 0.500. The van der Waals surface area contributed by atoms with Crippen LogP contribution in [0.1, 0.15) is 25.5 Å². The average molecular weight is 260 g/mol. The number of benzene rings is 1. The van der Waals surface area contributed by atoms with Gasteiger partial charge in [0.25, 0.3) is 0 Å². The number of hydrogen-bond acceptors (Lipinski definition) is 3. The zero-order valence-corrected chi connectivity index (χ0v) is 11.4. The molecule has 0 aliphatic rings. The van der Waals surface area contributed by atoms with E-state index in [1.165, 1.54) is 0 Å². The van der Waals surface area contributed by atoms with Gasteiger partial charge in [-0.15, -0.1) is 11.8 Å². The fourth-order valence-corrected chi connectivity index (χ4v) is 2.23. The lowest BCUT2D eigenvalue weighted by Crippen LogP contribution is -2.27. The molecule has 0 heterocycles. The molecule has 0 spiro atoms. The number of aliphatic hydroxyl groups excluding tert-OH is 1. The molecule has 1 aromatic carbocycles. The van der Waals surface area contributed by atoms with E-state index in [2.05, 4.69) is 19.2 Å². The highest BCUT2D eigenvalue weighted by molar-refractivity contribution is 7.98. The minimum absolute atomic E-state index is 0.371. The highest BCUT2D eigenvalue weighted by Crippen LogP contribution is 2.28. The van der Waals surface area contributed by atoms with Crippen LogP contribution in [0.4, 0.5) is 0 Å². The van der Waals surface area contributed by atoms with Gasteiger partial charge in [-0.1, -0.05) is 31.5 Å². The Hall–Kier alpha value is -0.220. The standard InChI is InChI=1S/C12H18ClNOS/c1-8(2)14-7-11(15)9-4-5-12(16-3)10(13)6-9/h4-6,8,11,14-15H,7H2,1-3H3. The predicted octanol–water partition coefficient (Wildman–Crippen LogP) is 3.09. The Labute approximate surface area is 106 Å². The summed E-state index contributed by atoms with van der Waals surface area (Å²) in [5.74, 6) is 0. The molecule has 4 heteroatoms. The molecule has 16 heavy (non-hydrogen) atoms. The molecule has 0 amide bonds. The second-order valence-electron chi connectivity index (χ2n) is 3.97. The zero-order chi connectivity index (χ0) is 12.1. The van der Waals surface area contributed by atoms with Gasteiger partial charge in [0, 0.05) is 17.5 Å². The van der Waals surface area contributed by atoms with E-state index in [-0.39, 0.29) is 0 Å². The Bertz CT molecular complexity index is 344. The molecule has 2 nitrogen and oxygen atoms in total. The number of thioether (sulfide) groups is 1. The van der Waals surface area contributed by atoms with Crippen LogP contribution in [0.25, 0.3) is 0 Å². The van der Waals surface area contributed by atoms with E-state index in [4.69, 9.17) is 11.6 Å². The van der Waals surface area contributed by atoms with E-state index >= 15 is 0 Å². The number of aliphatic hydroxyl groups is 1. The summed E-state index contributed by atoms with van der Waals surface area (Å²) in [4.78, 5) is 1.04. The van der Waals surface area contributed by atoms with Crippen LogP contribution in [0.3, 0.4) is 0 Å². The minimum atomic E-state index is -0.504. The van der Waals surface area contributed by atoms with Crippen LogP contribution >= 0.6 is 23.4 Å². The smallest absolute Gasteiger partial charge is 0.0915 e. The third-order valence-electron chi connectivity index (χ3n) is 2.28. The van der Waals surface area contributed by atoms with Gasteiger partial charge in [-0.25, -0.2) is 0 Å². The molecule has 0 fully saturated rings. The molecule has 0 aliphatic heterocycles. The summed E-state index contributed by atoms with van der Waals surface area (Å²) in [5, 5.41) is 13.8. The van der Waals surface area contributed by atoms with Crippen molar-refractivity contribution in [1.29, 1.82) is 0 Å². The topological polar surface area (TPSA) is 32.3 Å². The van der Waals surface area contributed by atoms with Crippen LogP contribution in [-0.4, -0.2) is 23.9 Å². The molecule has 0 radical (unpaired) electrons. The van der Waals surface area contributed by atoms with Gasteiger partial charge in [0.1, 0.15) is 0 Å². The normalized spacial score (nSPS) is 13.1. The molecular weight excluding hydrogens is 242 g/mol. The van der Waals surface area contributed by atoms with Gasteiger partial charge in [0.05, 0.1) is 11.1 Å². The van der Waals surface area contributed by atoms with E-state index < -0.39 is 6.10 Å². The molecule has 1 rings (SSSR count). The first-order valence-electron chi connectivity index (χ1n) is 5.29. The molecule has 0 bridgehead atoms. The van der Waals surface area contributed by atoms with Gasteiger partial charge in [-0.2, -0.15) is 0 Å². The molecule has 1 aromatic rings. The van der Waals surface area contributed by atoms with Crippen molar-refractivity contribution in [1.82, 2.24) is 5.32 Å². The van der Waals surface area contributed by atoms with Crippen molar-refractivity contribution < 1.29 is 5.11 Å². The number of rotatable bonds is 5. The maximum Gasteiger partial charge on any atom is 0.0915 e. The Kier molecular flexibility index (Phi) is 5.62. The van der Waals surface area contributed by atoms with Crippen LogP contribution < -0.4 is 5.32 Å². The van der Waals surface area contributed by atoms with E-state index in [1.807, 2.05) is 24.5 Å². The molecule has 0 aromatic heterocycles. The largest absolute Gasteiger partial charge is 0.387 e. The quantitative estimate of drug-likeness (QED) is 0.797. The van der Waals surface area contributed by atoms with Crippen molar-refractivity contribution in [2.24, 2.45) is 0 Å². The molecule has 1 atom stereocenters. The number of nitrogens with one attached hydrogen (secondary N) is 1. The molecule has 1 unspecified atom stereocenters. The van der Waals surface area contributed by atoms with Crippen LogP contribution in [0, 0.1) is 0 Å². The second kappa shape index (κ2) is 6.50. The highest BCUT2D eigenvalue weighted by atomic mass is 35.5. The van der Waals surface area contributed by atoms with Gasteiger partial charge >= 0.3 is 0 Å². The Morgan fingerprint density at radius 1 is 1.44 bits per heavy atom. The van der Waals surface area contributed by atoms with Crippen molar-refractivity contribution in [2.45, 2.75) is 30.9 Å². The summed E-state index contributed by atoms with van der Waals surface area (Å²) in [6.07, 6.45) is 1.48. The third-order valence-corrected chi connectivity index (χ3v) is 3.50. The lowest BCUT2D eigenvalue weighted by atomic mass is 10.1. The monoisotopic (exact) mass is 259 g/mol. The molecule has 90 valence electrons. The van der Waals surface area contributed by atoms with Crippen molar-refractivity contribution in [3.8, 4) is 0 Å². The fourth-order valence-electron chi connectivity index (χ4n) is 1.36.